The summed E-state index contributed by atoms with van der Waals surface area (Å²) in [5.74, 6) is -0.607. The van der Waals surface area contributed by atoms with E-state index in [1.165, 1.54) is 18.9 Å². The minimum absolute atomic E-state index is 0.501. The zero-order valence-electron chi connectivity index (χ0n) is 10.9. The van der Waals surface area contributed by atoms with Crippen LogP contribution in [-0.2, 0) is 6.42 Å². The molecule has 18 heavy (non-hydrogen) atoms. The Morgan fingerprint density at radius 1 is 1.33 bits per heavy atom. The quantitative estimate of drug-likeness (QED) is 0.781. The lowest BCUT2D eigenvalue weighted by Gasteiger charge is -2.17. The van der Waals surface area contributed by atoms with E-state index in [4.69, 9.17) is 0 Å². The molecule has 0 aromatic heterocycles. The van der Waals surface area contributed by atoms with Crippen molar-refractivity contribution in [1.29, 1.82) is 0 Å². The number of nitrogens with one attached hydrogen (secondary N) is 1. The molecule has 2 rings (SSSR count). The van der Waals surface area contributed by atoms with Gasteiger partial charge in [-0.3, -0.25) is 0 Å². The Hall–Kier alpha value is -0.960. The highest BCUT2D eigenvalue weighted by atomic mass is 19.2. The largest absolute Gasteiger partial charge is 0.314 e. The molecule has 0 bridgehead atoms. The van der Waals surface area contributed by atoms with E-state index in [9.17, 15) is 8.78 Å². The van der Waals surface area contributed by atoms with E-state index < -0.39 is 11.6 Å². The molecule has 0 heterocycles. The maximum absolute atomic E-state index is 13.5. The molecule has 1 nitrogen and oxygen atoms in total. The predicted molar refractivity (Wildman–Crippen MR) is 69.5 cm³/mol. The molecule has 100 valence electrons. The standard InChI is InChI=1S/C15H21F2N/c1-2-18-14(11-9-10-11)8-4-6-12-5-3-7-13(16)15(12)17/h3,5,7,11,14,18H,2,4,6,8-10H2,1H3. The van der Waals surface area contributed by atoms with Crippen molar-refractivity contribution in [2.45, 2.75) is 45.1 Å². The molecule has 1 aliphatic rings. The van der Waals surface area contributed by atoms with Gasteiger partial charge >= 0.3 is 0 Å². The van der Waals surface area contributed by atoms with E-state index in [1.807, 2.05) is 0 Å². The van der Waals surface area contributed by atoms with Gasteiger partial charge in [-0.2, -0.15) is 0 Å². The van der Waals surface area contributed by atoms with Crippen molar-refractivity contribution in [3.8, 4) is 0 Å². The van der Waals surface area contributed by atoms with Gasteiger partial charge in [0, 0.05) is 6.04 Å². The van der Waals surface area contributed by atoms with E-state index >= 15 is 0 Å². The van der Waals surface area contributed by atoms with Gasteiger partial charge in [0.2, 0.25) is 0 Å². The maximum Gasteiger partial charge on any atom is 0.162 e. The van der Waals surface area contributed by atoms with Crippen LogP contribution < -0.4 is 5.32 Å². The van der Waals surface area contributed by atoms with Gasteiger partial charge in [0.1, 0.15) is 0 Å². The Labute approximate surface area is 108 Å². The molecular formula is C15H21F2N. The molecule has 1 aromatic carbocycles. The third-order valence-electron chi connectivity index (χ3n) is 3.65. The highest BCUT2D eigenvalue weighted by molar-refractivity contribution is 5.18. The lowest BCUT2D eigenvalue weighted by molar-refractivity contribution is 0.430. The smallest absolute Gasteiger partial charge is 0.162 e. The summed E-state index contributed by atoms with van der Waals surface area (Å²) >= 11 is 0. The molecule has 1 unspecified atom stereocenters. The molecular weight excluding hydrogens is 232 g/mol. The van der Waals surface area contributed by atoms with E-state index in [0.717, 1.165) is 25.3 Å². The summed E-state index contributed by atoms with van der Waals surface area (Å²) in [6, 6.07) is 4.99. The van der Waals surface area contributed by atoms with E-state index in [-0.39, 0.29) is 0 Å². The molecule has 0 aliphatic heterocycles. The molecule has 1 N–H and O–H groups in total. The van der Waals surface area contributed by atoms with Crippen LogP contribution in [0.4, 0.5) is 8.78 Å². The van der Waals surface area contributed by atoms with Crippen LogP contribution in [0.1, 0.15) is 38.2 Å². The number of benzene rings is 1. The summed E-state index contributed by atoms with van der Waals surface area (Å²) in [4.78, 5) is 0. The molecule has 0 spiro atoms. The monoisotopic (exact) mass is 253 g/mol. The fraction of sp³-hybridized carbons (Fsp3) is 0.600. The van der Waals surface area contributed by atoms with Gasteiger partial charge in [0.25, 0.3) is 0 Å². The molecule has 0 amide bonds. The number of halogens is 2. The second-order valence-corrected chi connectivity index (χ2v) is 5.11. The van der Waals surface area contributed by atoms with Crippen molar-refractivity contribution in [3.63, 3.8) is 0 Å². The van der Waals surface area contributed by atoms with Gasteiger partial charge in [-0.15, -0.1) is 0 Å². The molecule has 3 heteroatoms. The Morgan fingerprint density at radius 3 is 2.78 bits per heavy atom. The first kappa shape index (κ1) is 13.5. The Balaban J connectivity index is 1.81. The number of rotatable bonds is 7. The summed E-state index contributed by atoms with van der Waals surface area (Å²) < 4.78 is 26.5. The maximum atomic E-state index is 13.5. The average Bonchev–Trinajstić information content (AvgIpc) is 3.17. The molecule has 1 aliphatic carbocycles. The van der Waals surface area contributed by atoms with Gasteiger partial charge in [-0.1, -0.05) is 19.1 Å². The fourth-order valence-corrected chi connectivity index (χ4v) is 2.52. The van der Waals surface area contributed by atoms with Crippen LogP contribution in [0.5, 0.6) is 0 Å². The Kier molecular flexibility index (Phi) is 4.70. The average molecular weight is 253 g/mol. The van der Waals surface area contributed by atoms with Crippen molar-refractivity contribution in [3.05, 3.63) is 35.4 Å². The summed E-state index contributed by atoms with van der Waals surface area (Å²) in [6.07, 6.45) is 5.21. The van der Waals surface area contributed by atoms with Crippen molar-refractivity contribution >= 4 is 0 Å². The third-order valence-corrected chi connectivity index (χ3v) is 3.65. The van der Waals surface area contributed by atoms with Crippen LogP contribution >= 0.6 is 0 Å². The van der Waals surface area contributed by atoms with E-state index in [2.05, 4.69) is 12.2 Å². The molecule has 1 aromatic rings. The third kappa shape index (κ3) is 3.52. The van der Waals surface area contributed by atoms with Crippen molar-refractivity contribution < 1.29 is 8.78 Å². The lowest BCUT2D eigenvalue weighted by Crippen LogP contribution is -2.30. The van der Waals surface area contributed by atoms with Crippen molar-refractivity contribution in [2.75, 3.05) is 6.54 Å². The lowest BCUT2D eigenvalue weighted by atomic mass is 10.0. The first-order valence-electron chi connectivity index (χ1n) is 6.88. The molecule has 0 saturated heterocycles. The Morgan fingerprint density at radius 2 is 2.11 bits per heavy atom. The molecule has 1 atom stereocenters. The van der Waals surface area contributed by atoms with Crippen LogP contribution in [0, 0.1) is 17.6 Å². The molecule has 0 radical (unpaired) electrons. The first-order valence-corrected chi connectivity index (χ1v) is 6.88. The minimum Gasteiger partial charge on any atom is -0.314 e. The highest BCUT2D eigenvalue weighted by Crippen LogP contribution is 2.34. The zero-order valence-corrected chi connectivity index (χ0v) is 10.9. The summed E-state index contributed by atoms with van der Waals surface area (Å²) in [6.45, 7) is 3.09. The topological polar surface area (TPSA) is 12.0 Å². The fourth-order valence-electron chi connectivity index (χ4n) is 2.52. The second-order valence-electron chi connectivity index (χ2n) is 5.11. The van der Waals surface area contributed by atoms with Gasteiger partial charge in [-0.05, 0) is 56.2 Å². The normalized spacial score (nSPS) is 16.8. The van der Waals surface area contributed by atoms with Crippen LogP contribution in [0.2, 0.25) is 0 Å². The Bertz CT molecular complexity index is 388. The number of hydrogen-bond acceptors (Lipinski definition) is 1. The zero-order chi connectivity index (χ0) is 13.0. The molecule has 1 saturated carbocycles. The van der Waals surface area contributed by atoms with E-state index in [1.54, 1.807) is 12.1 Å². The predicted octanol–water partition coefficient (Wildman–Crippen LogP) is 3.68. The van der Waals surface area contributed by atoms with Crippen LogP contribution in [0.25, 0.3) is 0 Å². The van der Waals surface area contributed by atoms with Gasteiger partial charge in [0.15, 0.2) is 11.6 Å². The summed E-state index contributed by atoms with van der Waals surface area (Å²) in [7, 11) is 0. The minimum atomic E-state index is -0.738. The van der Waals surface area contributed by atoms with Crippen LogP contribution in [0.3, 0.4) is 0 Å². The highest BCUT2D eigenvalue weighted by Gasteiger charge is 2.29. The number of aryl methyl sites for hydroxylation is 1. The van der Waals surface area contributed by atoms with Gasteiger partial charge in [0.05, 0.1) is 0 Å². The summed E-state index contributed by atoms with van der Waals surface area (Å²) in [5, 5.41) is 3.49. The van der Waals surface area contributed by atoms with Gasteiger partial charge in [-0.25, -0.2) is 8.78 Å². The second kappa shape index (κ2) is 6.28. The van der Waals surface area contributed by atoms with Crippen LogP contribution in [0.15, 0.2) is 18.2 Å². The van der Waals surface area contributed by atoms with Crippen molar-refractivity contribution in [2.24, 2.45) is 5.92 Å². The van der Waals surface area contributed by atoms with E-state index in [0.29, 0.717) is 18.0 Å². The summed E-state index contributed by atoms with van der Waals surface area (Å²) in [5.41, 5.74) is 0.501. The van der Waals surface area contributed by atoms with Crippen molar-refractivity contribution in [1.82, 2.24) is 5.32 Å². The first-order chi connectivity index (χ1) is 8.72. The number of hydrogen-bond donors (Lipinski definition) is 1. The van der Waals surface area contributed by atoms with Crippen LogP contribution in [-0.4, -0.2) is 12.6 Å². The van der Waals surface area contributed by atoms with Gasteiger partial charge < -0.3 is 5.32 Å². The SMILES string of the molecule is CCNC(CCCc1cccc(F)c1F)C1CC1. The molecule has 1 fully saturated rings.